The first-order valence-corrected chi connectivity index (χ1v) is 5.81. The Morgan fingerprint density at radius 3 is 2.72 bits per heavy atom. The summed E-state index contributed by atoms with van der Waals surface area (Å²) in [5, 5.41) is 3.74. The molecule has 2 rings (SSSR count). The molecule has 1 aromatic heterocycles. The van der Waals surface area contributed by atoms with Gasteiger partial charge in [-0.2, -0.15) is 0 Å². The summed E-state index contributed by atoms with van der Waals surface area (Å²) in [5.74, 6) is 1.42. The molecule has 0 aliphatic rings. The Balaban J connectivity index is 2.30. The second kappa shape index (κ2) is 5.14. The van der Waals surface area contributed by atoms with E-state index in [1.54, 1.807) is 31.4 Å². The second-order valence-corrected chi connectivity index (χ2v) is 4.25. The Kier molecular flexibility index (Phi) is 3.58. The number of methoxy groups -OCH3 is 1. The van der Waals surface area contributed by atoms with Gasteiger partial charge in [0.15, 0.2) is 0 Å². The number of benzene rings is 1. The summed E-state index contributed by atoms with van der Waals surface area (Å²) in [7, 11) is 1.61. The van der Waals surface area contributed by atoms with Crippen molar-refractivity contribution in [3.05, 3.63) is 41.0 Å². The van der Waals surface area contributed by atoms with Crippen molar-refractivity contribution in [1.82, 2.24) is 4.98 Å². The highest BCUT2D eigenvalue weighted by Crippen LogP contribution is 2.29. The van der Waals surface area contributed by atoms with Gasteiger partial charge < -0.3 is 15.8 Å². The SMILES string of the molecule is COc1ccc(Cl)c(Nc2ccc(N)c(C)n2)c1. The second-order valence-electron chi connectivity index (χ2n) is 3.84. The van der Waals surface area contributed by atoms with Crippen molar-refractivity contribution < 1.29 is 4.74 Å². The molecule has 0 saturated heterocycles. The van der Waals surface area contributed by atoms with E-state index in [2.05, 4.69) is 10.3 Å². The zero-order valence-electron chi connectivity index (χ0n) is 10.2. The third-order valence-electron chi connectivity index (χ3n) is 2.56. The summed E-state index contributed by atoms with van der Waals surface area (Å²) in [6.45, 7) is 1.85. The monoisotopic (exact) mass is 263 g/mol. The van der Waals surface area contributed by atoms with Gasteiger partial charge in [-0.05, 0) is 31.2 Å². The molecular formula is C13H14ClN3O. The highest BCUT2D eigenvalue weighted by atomic mass is 35.5. The molecule has 0 aliphatic heterocycles. The highest BCUT2D eigenvalue weighted by molar-refractivity contribution is 6.33. The van der Waals surface area contributed by atoms with Crippen LogP contribution >= 0.6 is 11.6 Å². The molecule has 0 radical (unpaired) electrons. The van der Waals surface area contributed by atoms with Gasteiger partial charge in [-0.1, -0.05) is 11.6 Å². The molecule has 0 atom stereocenters. The Morgan fingerprint density at radius 1 is 1.28 bits per heavy atom. The molecule has 2 aromatic rings. The van der Waals surface area contributed by atoms with Crippen molar-refractivity contribution >= 4 is 28.8 Å². The van der Waals surface area contributed by atoms with E-state index in [-0.39, 0.29) is 0 Å². The number of aromatic nitrogens is 1. The molecule has 18 heavy (non-hydrogen) atoms. The van der Waals surface area contributed by atoms with Gasteiger partial charge in [0, 0.05) is 6.07 Å². The lowest BCUT2D eigenvalue weighted by Crippen LogP contribution is -1.99. The van der Waals surface area contributed by atoms with Crippen molar-refractivity contribution in [1.29, 1.82) is 0 Å². The molecule has 0 saturated carbocycles. The maximum Gasteiger partial charge on any atom is 0.130 e. The molecular weight excluding hydrogens is 250 g/mol. The van der Waals surface area contributed by atoms with E-state index >= 15 is 0 Å². The van der Waals surface area contributed by atoms with Crippen LogP contribution in [0.2, 0.25) is 5.02 Å². The minimum absolute atomic E-state index is 0.604. The molecule has 4 nitrogen and oxygen atoms in total. The van der Waals surface area contributed by atoms with E-state index in [1.165, 1.54) is 0 Å². The molecule has 1 heterocycles. The molecule has 94 valence electrons. The normalized spacial score (nSPS) is 10.2. The smallest absolute Gasteiger partial charge is 0.130 e. The topological polar surface area (TPSA) is 60.2 Å². The van der Waals surface area contributed by atoms with E-state index in [4.69, 9.17) is 22.1 Å². The molecule has 0 spiro atoms. The number of ether oxygens (including phenoxy) is 1. The van der Waals surface area contributed by atoms with Crippen LogP contribution in [-0.2, 0) is 0 Å². The van der Waals surface area contributed by atoms with Crippen LogP contribution in [0, 0.1) is 6.92 Å². The van der Waals surface area contributed by atoms with Gasteiger partial charge in [0.2, 0.25) is 0 Å². The minimum Gasteiger partial charge on any atom is -0.497 e. The van der Waals surface area contributed by atoms with Gasteiger partial charge in [0.1, 0.15) is 11.6 Å². The Morgan fingerprint density at radius 2 is 2.06 bits per heavy atom. The van der Waals surface area contributed by atoms with Crippen LogP contribution in [0.15, 0.2) is 30.3 Å². The highest BCUT2D eigenvalue weighted by Gasteiger charge is 2.04. The Bertz CT molecular complexity index is 572. The van der Waals surface area contributed by atoms with Crippen LogP contribution in [0.4, 0.5) is 17.2 Å². The summed E-state index contributed by atoms with van der Waals surface area (Å²) in [5.41, 5.74) is 7.91. The molecule has 0 amide bonds. The molecule has 0 bridgehead atoms. The number of halogens is 1. The number of nitrogen functional groups attached to an aromatic ring is 1. The number of anilines is 3. The number of nitrogens with one attached hydrogen (secondary N) is 1. The maximum absolute atomic E-state index is 6.10. The first kappa shape index (κ1) is 12.5. The van der Waals surface area contributed by atoms with Crippen LogP contribution in [0.5, 0.6) is 5.75 Å². The van der Waals surface area contributed by atoms with Crippen LogP contribution in [-0.4, -0.2) is 12.1 Å². The molecule has 0 fully saturated rings. The minimum atomic E-state index is 0.604. The number of rotatable bonds is 3. The number of pyridine rings is 1. The van der Waals surface area contributed by atoms with Crippen molar-refractivity contribution in [2.75, 3.05) is 18.2 Å². The number of nitrogens with two attached hydrogens (primary N) is 1. The Hall–Kier alpha value is -1.94. The summed E-state index contributed by atoms with van der Waals surface area (Å²) in [6, 6.07) is 8.99. The molecule has 1 aromatic carbocycles. The molecule has 0 unspecified atom stereocenters. The van der Waals surface area contributed by atoms with Crippen LogP contribution < -0.4 is 15.8 Å². The third kappa shape index (κ3) is 2.65. The van der Waals surface area contributed by atoms with Crippen molar-refractivity contribution in [3.63, 3.8) is 0 Å². The lowest BCUT2D eigenvalue weighted by atomic mass is 10.3. The fraction of sp³-hybridized carbons (Fsp3) is 0.154. The zero-order valence-corrected chi connectivity index (χ0v) is 11.0. The lowest BCUT2D eigenvalue weighted by molar-refractivity contribution is 0.415. The summed E-state index contributed by atoms with van der Waals surface area (Å²) >= 11 is 6.10. The quantitative estimate of drug-likeness (QED) is 0.891. The van der Waals surface area contributed by atoms with Gasteiger partial charge in [-0.3, -0.25) is 0 Å². The predicted octanol–water partition coefficient (Wildman–Crippen LogP) is 3.38. The first-order chi connectivity index (χ1) is 8.60. The fourth-order valence-electron chi connectivity index (χ4n) is 1.51. The lowest BCUT2D eigenvalue weighted by Gasteiger charge is -2.10. The number of hydrogen-bond donors (Lipinski definition) is 2. The summed E-state index contributed by atoms with van der Waals surface area (Å²) in [6.07, 6.45) is 0. The largest absolute Gasteiger partial charge is 0.497 e. The maximum atomic E-state index is 6.10. The van der Waals surface area contributed by atoms with Crippen molar-refractivity contribution in [3.8, 4) is 5.75 Å². The first-order valence-electron chi connectivity index (χ1n) is 5.44. The molecule has 0 aliphatic carbocycles. The number of hydrogen-bond acceptors (Lipinski definition) is 4. The predicted molar refractivity (Wildman–Crippen MR) is 74.7 cm³/mol. The van der Waals surface area contributed by atoms with E-state index in [1.807, 2.05) is 13.0 Å². The van der Waals surface area contributed by atoms with E-state index in [0.717, 1.165) is 17.1 Å². The van der Waals surface area contributed by atoms with E-state index in [0.29, 0.717) is 16.5 Å². The van der Waals surface area contributed by atoms with Crippen molar-refractivity contribution in [2.45, 2.75) is 6.92 Å². The van der Waals surface area contributed by atoms with Gasteiger partial charge in [-0.25, -0.2) is 4.98 Å². The number of nitrogens with zero attached hydrogens (tertiary/aromatic N) is 1. The molecule has 5 heteroatoms. The fourth-order valence-corrected chi connectivity index (χ4v) is 1.67. The van der Waals surface area contributed by atoms with Crippen LogP contribution in [0.1, 0.15) is 5.69 Å². The summed E-state index contributed by atoms with van der Waals surface area (Å²) in [4.78, 5) is 4.33. The summed E-state index contributed by atoms with van der Waals surface area (Å²) < 4.78 is 5.15. The van der Waals surface area contributed by atoms with E-state index in [9.17, 15) is 0 Å². The van der Waals surface area contributed by atoms with Gasteiger partial charge in [-0.15, -0.1) is 0 Å². The number of aryl methyl sites for hydroxylation is 1. The van der Waals surface area contributed by atoms with Gasteiger partial charge >= 0.3 is 0 Å². The molecule has 3 N–H and O–H groups in total. The standard InChI is InChI=1S/C13H14ClN3O/c1-8-11(15)5-6-13(16-8)17-12-7-9(18-2)3-4-10(12)14/h3-7H,15H2,1-2H3,(H,16,17). The van der Waals surface area contributed by atoms with Gasteiger partial charge in [0.25, 0.3) is 0 Å². The van der Waals surface area contributed by atoms with Crippen LogP contribution in [0.25, 0.3) is 0 Å². The van der Waals surface area contributed by atoms with Gasteiger partial charge in [0.05, 0.1) is 29.2 Å². The zero-order chi connectivity index (χ0) is 13.1. The third-order valence-corrected chi connectivity index (χ3v) is 2.89. The van der Waals surface area contributed by atoms with Crippen LogP contribution in [0.3, 0.4) is 0 Å². The van der Waals surface area contributed by atoms with E-state index < -0.39 is 0 Å². The average molecular weight is 264 g/mol. The van der Waals surface area contributed by atoms with Crippen molar-refractivity contribution in [2.24, 2.45) is 0 Å². The Labute approximate surface area is 111 Å². The average Bonchev–Trinajstić information content (AvgIpc) is 2.36.